The van der Waals surface area contributed by atoms with Crippen molar-refractivity contribution in [1.29, 1.82) is 0 Å². The van der Waals surface area contributed by atoms with Gasteiger partial charge in [-0.05, 0) is 17.8 Å². The highest BCUT2D eigenvalue weighted by Gasteiger charge is 2.23. The van der Waals surface area contributed by atoms with Crippen LogP contribution >= 0.6 is 0 Å². The smallest absolute Gasteiger partial charge is 0.136 e. The van der Waals surface area contributed by atoms with Crippen molar-refractivity contribution in [2.24, 2.45) is 23.2 Å². The van der Waals surface area contributed by atoms with Crippen LogP contribution in [0.1, 0.15) is 54.4 Å². The van der Waals surface area contributed by atoms with Crippen LogP contribution in [0.2, 0.25) is 0 Å². The Morgan fingerprint density at radius 2 is 1.69 bits per heavy atom. The van der Waals surface area contributed by atoms with E-state index in [4.69, 9.17) is 0 Å². The number of hydrogen-bond acceptors (Lipinski definition) is 2. The summed E-state index contributed by atoms with van der Waals surface area (Å²) in [4.78, 5) is 22.6. The molecule has 2 nitrogen and oxygen atoms in total. The summed E-state index contributed by atoms with van der Waals surface area (Å²) in [6.45, 7) is 12.3. The Kier molecular flexibility index (Phi) is 5.91. The second-order valence-corrected chi connectivity index (χ2v) is 6.31. The van der Waals surface area contributed by atoms with E-state index >= 15 is 0 Å². The predicted molar refractivity (Wildman–Crippen MR) is 67.3 cm³/mol. The highest BCUT2D eigenvalue weighted by Crippen LogP contribution is 2.26. The van der Waals surface area contributed by atoms with Gasteiger partial charge in [0.1, 0.15) is 12.1 Å². The average molecular weight is 226 g/mol. The molecule has 0 aliphatic heterocycles. The molecule has 3 atom stereocenters. The van der Waals surface area contributed by atoms with E-state index in [1.54, 1.807) is 0 Å². The third-order valence-corrected chi connectivity index (χ3v) is 3.10. The van der Waals surface area contributed by atoms with Crippen LogP contribution in [-0.4, -0.2) is 12.1 Å². The van der Waals surface area contributed by atoms with Crippen LogP contribution in [0.5, 0.6) is 0 Å². The molecule has 0 aromatic rings. The molecule has 16 heavy (non-hydrogen) atoms. The van der Waals surface area contributed by atoms with Crippen molar-refractivity contribution in [3.63, 3.8) is 0 Å². The third kappa shape index (κ3) is 6.04. The zero-order valence-electron chi connectivity index (χ0n) is 11.5. The van der Waals surface area contributed by atoms with Crippen molar-refractivity contribution in [3.05, 3.63) is 0 Å². The van der Waals surface area contributed by atoms with Gasteiger partial charge in [-0.3, -0.25) is 4.79 Å². The first-order chi connectivity index (χ1) is 7.17. The molecule has 0 fully saturated rings. The largest absolute Gasteiger partial charge is 0.303 e. The third-order valence-electron chi connectivity index (χ3n) is 3.10. The minimum Gasteiger partial charge on any atom is -0.303 e. The van der Waals surface area contributed by atoms with Gasteiger partial charge in [0, 0.05) is 18.3 Å². The molecule has 0 saturated heterocycles. The molecule has 3 unspecified atom stereocenters. The molecule has 0 aliphatic carbocycles. The molecule has 94 valence electrons. The molecule has 2 heteroatoms. The lowest BCUT2D eigenvalue weighted by Gasteiger charge is -2.23. The van der Waals surface area contributed by atoms with E-state index < -0.39 is 0 Å². The lowest BCUT2D eigenvalue weighted by atomic mass is 9.81. The molecule has 0 aromatic carbocycles. The highest BCUT2D eigenvalue weighted by molar-refractivity contribution is 5.81. The summed E-state index contributed by atoms with van der Waals surface area (Å²) in [5, 5.41) is 0. The second kappa shape index (κ2) is 6.17. The SMILES string of the molecule is CC(CC(C)(C)C)C(=O)CC(C)C(C)C=O. The maximum atomic E-state index is 11.9. The summed E-state index contributed by atoms with van der Waals surface area (Å²) < 4.78 is 0. The first-order valence-corrected chi connectivity index (χ1v) is 6.15. The van der Waals surface area contributed by atoms with E-state index in [0.29, 0.717) is 6.42 Å². The normalized spacial score (nSPS) is 17.6. The van der Waals surface area contributed by atoms with Crippen LogP contribution in [0.15, 0.2) is 0 Å². The standard InChI is InChI=1S/C14H26O2/c1-10(12(3)9-15)7-13(16)11(2)8-14(4,5)6/h9-12H,7-8H2,1-6H3. The number of ketones is 1. The summed E-state index contributed by atoms with van der Waals surface area (Å²) in [6.07, 6.45) is 2.37. The van der Waals surface area contributed by atoms with Gasteiger partial charge in [0.15, 0.2) is 0 Å². The van der Waals surface area contributed by atoms with Crippen LogP contribution in [0, 0.1) is 23.2 Å². The summed E-state index contributed by atoms with van der Waals surface area (Å²) in [5.74, 6) is 0.524. The van der Waals surface area contributed by atoms with E-state index in [1.807, 2.05) is 20.8 Å². The zero-order chi connectivity index (χ0) is 12.9. The van der Waals surface area contributed by atoms with Crippen LogP contribution in [0.4, 0.5) is 0 Å². The highest BCUT2D eigenvalue weighted by atomic mass is 16.1. The molecule has 0 saturated carbocycles. The average Bonchev–Trinajstić information content (AvgIpc) is 2.13. The number of aldehydes is 1. The molecule has 0 spiro atoms. The monoisotopic (exact) mass is 226 g/mol. The summed E-state index contributed by atoms with van der Waals surface area (Å²) in [7, 11) is 0. The summed E-state index contributed by atoms with van der Waals surface area (Å²) >= 11 is 0. The quantitative estimate of drug-likeness (QED) is 0.650. The molecule has 0 heterocycles. The summed E-state index contributed by atoms with van der Waals surface area (Å²) in [6, 6.07) is 0. The van der Waals surface area contributed by atoms with Crippen molar-refractivity contribution < 1.29 is 9.59 Å². The van der Waals surface area contributed by atoms with E-state index in [9.17, 15) is 9.59 Å². The van der Waals surface area contributed by atoms with Crippen LogP contribution in [-0.2, 0) is 9.59 Å². The number of Topliss-reactive ketones (excluding diaryl/α,β-unsaturated/α-hetero) is 1. The van der Waals surface area contributed by atoms with Crippen molar-refractivity contribution in [3.8, 4) is 0 Å². The molecule has 0 aliphatic rings. The fourth-order valence-corrected chi connectivity index (χ4v) is 1.87. The molecular formula is C14H26O2. The molecule has 0 aromatic heterocycles. The second-order valence-electron chi connectivity index (χ2n) is 6.31. The molecule has 0 bridgehead atoms. The number of carbonyl (C=O) groups excluding carboxylic acids is 2. The Hall–Kier alpha value is -0.660. The van der Waals surface area contributed by atoms with Gasteiger partial charge < -0.3 is 4.79 Å². The maximum absolute atomic E-state index is 11.9. The topological polar surface area (TPSA) is 34.1 Å². The molecule has 0 amide bonds. The summed E-state index contributed by atoms with van der Waals surface area (Å²) in [5.41, 5.74) is 0.189. The first kappa shape index (κ1) is 15.3. The maximum Gasteiger partial charge on any atom is 0.136 e. The van der Waals surface area contributed by atoms with Crippen molar-refractivity contribution in [2.75, 3.05) is 0 Å². The van der Waals surface area contributed by atoms with Crippen molar-refractivity contribution in [2.45, 2.75) is 54.4 Å². The van der Waals surface area contributed by atoms with Gasteiger partial charge in [0.25, 0.3) is 0 Å². The van der Waals surface area contributed by atoms with Crippen LogP contribution < -0.4 is 0 Å². The zero-order valence-corrected chi connectivity index (χ0v) is 11.5. The van der Waals surface area contributed by atoms with Gasteiger partial charge in [-0.25, -0.2) is 0 Å². The lowest BCUT2D eigenvalue weighted by molar-refractivity contribution is -0.124. The van der Waals surface area contributed by atoms with Gasteiger partial charge in [0.2, 0.25) is 0 Å². The van der Waals surface area contributed by atoms with Gasteiger partial charge in [-0.15, -0.1) is 0 Å². The van der Waals surface area contributed by atoms with Gasteiger partial charge in [0.05, 0.1) is 0 Å². The van der Waals surface area contributed by atoms with Gasteiger partial charge in [-0.1, -0.05) is 41.5 Å². The molecule has 0 rings (SSSR count). The number of hydrogen-bond donors (Lipinski definition) is 0. The van der Waals surface area contributed by atoms with E-state index in [-0.39, 0.29) is 29.0 Å². The van der Waals surface area contributed by atoms with Crippen molar-refractivity contribution >= 4 is 12.1 Å². The minimum atomic E-state index is -0.0224. The van der Waals surface area contributed by atoms with E-state index in [0.717, 1.165) is 12.7 Å². The van der Waals surface area contributed by atoms with Gasteiger partial charge in [-0.2, -0.15) is 0 Å². The Morgan fingerprint density at radius 1 is 1.19 bits per heavy atom. The molecule has 0 radical (unpaired) electrons. The fourth-order valence-electron chi connectivity index (χ4n) is 1.87. The first-order valence-electron chi connectivity index (χ1n) is 6.15. The molecular weight excluding hydrogens is 200 g/mol. The minimum absolute atomic E-state index is 0.0224. The Balaban J connectivity index is 4.20. The van der Waals surface area contributed by atoms with E-state index in [1.165, 1.54) is 0 Å². The predicted octanol–water partition coefficient (Wildman–Crippen LogP) is 3.49. The lowest BCUT2D eigenvalue weighted by Crippen LogP contribution is -2.22. The van der Waals surface area contributed by atoms with Crippen molar-refractivity contribution in [1.82, 2.24) is 0 Å². The molecule has 0 N–H and O–H groups in total. The van der Waals surface area contributed by atoms with Crippen LogP contribution in [0.3, 0.4) is 0 Å². The Bertz CT molecular complexity index is 238. The van der Waals surface area contributed by atoms with Gasteiger partial charge >= 0.3 is 0 Å². The van der Waals surface area contributed by atoms with E-state index in [2.05, 4.69) is 20.8 Å². The fraction of sp³-hybridized carbons (Fsp3) is 0.857. The van der Waals surface area contributed by atoms with Crippen LogP contribution in [0.25, 0.3) is 0 Å². The number of carbonyl (C=O) groups is 2. The number of rotatable bonds is 6. The Labute approximate surface area is 99.8 Å². The Morgan fingerprint density at radius 3 is 2.06 bits per heavy atom.